The van der Waals surface area contributed by atoms with Crippen molar-refractivity contribution < 1.29 is 23.5 Å². The monoisotopic (exact) mass is 426 g/mol. The Balaban J connectivity index is 1.71. The van der Waals surface area contributed by atoms with Crippen LogP contribution in [0.5, 0.6) is 0 Å². The lowest BCUT2D eigenvalue weighted by atomic mass is 9.57. The van der Waals surface area contributed by atoms with E-state index in [-0.39, 0.29) is 36.7 Å². The fraction of sp³-hybridized carbons (Fsp3) is 0.435. The highest BCUT2D eigenvalue weighted by Gasteiger charge is 2.76. The van der Waals surface area contributed by atoms with E-state index in [4.69, 9.17) is 9.47 Å². The third kappa shape index (κ3) is 2.64. The lowest BCUT2D eigenvalue weighted by molar-refractivity contribution is -0.150. The molecule has 31 heavy (non-hydrogen) atoms. The van der Waals surface area contributed by atoms with E-state index >= 15 is 0 Å². The number of rotatable bonds is 5. The number of quaternary nitrogens is 1. The largest absolute Gasteiger partial charge is 0.462 e. The molecular weight excluding hydrogens is 401 g/mol. The Labute approximate surface area is 179 Å². The van der Waals surface area contributed by atoms with E-state index in [0.29, 0.717) is 16.1 Å². The van der Waals surface area contributed by atoms with Crippen molar-refractivity contribution in [3.63, 3.8) is 0 Å². The lowest BCUT2D eigenvalue weighted by Crippen LogP contribution is -2.88. The molecule has 1 aliphatic carbocycles. The van der Waals surface area contributed by atoms with E-state index < -0.39 is 11.9 Å². The van der Waals surface area contributed by atoms with E-state index in [1.807, 2.05) is 19.1 Å². The number of ether oxygens (including phenoxy) is 2. The molecule has 2 aromatic rings. The van der Waals surface area contributed by atoms with Gasteiger partial charge >= 0.3 is 11.9 Å². The smallest absolute Gasteiger partial charge is 0.351 e. The SMILES string of the molecule is CCOC(=O)C(=C[N+]12c3cc(C)nn3-c3c(F)cccc3CC3C1CC32)C(=O)OCC. The first-order valence-corrected chi connectivity index (χ1v) is 10.7. The molecule has 162 valence electrons. The predicted octanol–water partition coefficient (Wildman–Crippen LogP) is 2.96. The molecule has 2 atom stereocenters. The Bertz CT molecular complexity index is 1090. The Hall–Kier alpha value is -3.00. The summed E-state index contributed by atoms with van der Waals surface area (Å²) in [7, 11) is 0. The van der Waals surface area contributed by atoms with Crippen LogP contribution < -0.4 is 4.48 Å². The fourth-order valence-corrected chi connectivity index (χ4v) is 5.48. The number of aryl methyl sites for hydroxylation is 1. The average Bonchev–Trinajstić information content (AvgIpc) is 3.05. The van der Waals surface area contributed by atoms with E-state index in [2.05, 4.69) is 5.10 Å². The zero-order valence-electron chi connectivity index (χ0n) is 17.8. The Kier molecular flexibility index (Phi) is 4.51. The van der Waals surface area contributed by atoms with Gasteiger partial charge in [0.15, 0.2) is 5.57 Å². The molecule has 8 heteroatoms. The molecule has 3 fully saturated rings. The minimum absolute atomic E-state index is 0.114. The standard InChI is InChI=1S/C23H25FN3O4/c1-4-30-22(28)16(23(29)31-5-2)12-27-18-11-19(27)15(18)10-14-7-6-8-17(24)21(14)26-20(27)9-13(3)25-26/h6-9,12,15,18-19H,4-5,10-11H2,1-3H3/q+1. The molecule has 4 aliphatic rings. The van der Waals surface area contributed by atoms with Gasteiger partial charge in [0, 0.05) is 6.07 Å². The van der Waals surface area contributed by atoms with Crippen LogP contribution in [0, 0.1) is 18.7 Å². The zero-order chi connectivity index (χ0) is 21.9. The van der Waals surface area contributed by atoms with E-state index in [9.17, 15) is 14.0 Å². The molecule has 1 aromatic carbocycles. The summed E-state index contributed by atoms with van der Waals surface area (Å²) in [4.78, 5) is 25.3. The number of aromatic nitrogens is 2. The van der Waals surface area contributed by atoms with Crippen LogP contribution in [0.1, 0.15) is 31.5 Å². The van der Waals surface area contributed by atoms with Crippen LogP contribution in [0.3, 0.4) is 0 Å². The lowest BCUT2D eigenvalue weighted by Gasteiger charge is -2.70. The summed E-state index contributed by atoms with van der Waals surface area (Å²) in [5, 5.41) is 4.60. The Morgan fingerprint density at radius 2 is 1.90 bits per heavy atom. The number of esters is 2. The van der Waals surface area contributed by atoms with Gasteiger partial charge in [-0.1, -0.05) is 12.1 Å². The van der Waals surface area contributed by atoms with Gasteiger partial charge in [-0.05, 0) is 38.8 Å². The quantitative estimate of drug-likeness (QED) is 0.242. The van der Waals surface area contributed by atoms with E-state index in [1.165, 1.54) is 6.07 Å². The number of benzene rings is 1. The first kappa shape index (κ1) is 19.9. The second-order valence-corrected chi connectivity index (χ2v) is 8.36. The van der Waals surface area contributed by atoms with Gasteiger partial charge in [0.2, 0.25) is 5.82 Å². The van der Waals surface area contributed by atoms with Crippen molar-refractivity contribution in [2.24, 2.45) is 5.92 Å². The van der Waals surface area contributed by atoms with Crippen LogP contribution in [0.15, 0.2) is 36.0 Å². The van der Waals surface area contributed by atoms with Gasteiger partial charge < -0.3 is 9.47 Å². The second kappa shape index (κ2) is 7.02. The van der Waals surface area contributed by atoms with E-state index in [1.54, 1.807) is 30.8 Å². The third-order valence-electron chi connectivity index (χ3n) is 6.85. The summed E-state index contributed by atoms with van der Waals surface area (Å²) in [6, 6.07) is 7.42. The summed E-state index contributed by atoms with van der Waals surface area (Å²) < 4.78 is 27.2. The van der Waals surface area contributed by atoms with Gasteiger partial charge in [0.25, 0.3) is 0 Å². The van der Waals surface area contributed by atoms with Crippen LogP contribution in [0.4, 0.5) is 10.2 Å². The Morgan fingerprint density at radius 3 is 2.52 bits per heavy atom. The van der Waals surface area contributed by atoms with Crippen LogP contribution in [-0.4, -0.2) is 47.0 Å². The molecule has 6 rings (SSSR count). The molecule has 4 bridgehead atoms. The van der Waals surface area contributed by atoms with Crippen LogP contribution in [-0.2, 0) is 25.5 Å². The van der Waals surface area contributed by atoms with Crippen molar-refractivity contribution in [3.8, 4) is 5.69 Å². The zero-order valence-corrected chi connectivity index (χ0v) is 17.8. The highest BCUT2D eigenvalue weighted by molar-refractivity contribution is 6.14. The molecule has 0 N–H and O–H groups in total. The molecule has 1 aromatic heterocycles. The topological polar surface area (TPSA) is 70.4 Å². The maximum atomic E-state index is 14.9. The molecule has 0 radical (unpaired) electrons. The average molecular weight is 426 g/mol. The minimum Gasteiger partial charge on any atom is -0.462 e. The molecule has 1 saturated carbocycles. The molecular formula is C23H25FN3O4+. The fourth-order valence-electron chi connectivity index (χ4n) is 5.48. The Morgan fingerprint density at radius 1 is 1.23 bits per heavy atom. The van der Waals surface area contributed by atoms with Gasteiger partial charge in [-0.2, -0.15) is 9.78 Å². The number of carbonyl (C=O) groups is 2. The molecule has 4 heterocycles. The van der Waals surface area contributed by atoms with Crippen molar-refractivity contribution in [1.82, 2.24) is 14.3 Å². The maximum Gasteiger partial charge on any atom is 0.351 e. The minimum atomic E-state index is -0.701. The molecule has 7 nitrogen and oxygen atoms in total. The summed E-state index contributed by atoms with van der Waals surface area (Å²) in [5.41, 5.74) is 2.01. The summed E-state index contributed by atoms with van der Waals surface area (Å²) in [6.45, 7) is 5.55. The van der Waals surface area contributed by atoms with Crippen molar-refractivity contribution in [1.29, 1.82) is 0 Å². The molecule has 0 spiro atoms. The number of carbonyl (C=O) groups excluding carboxylic acids is 2. The second-order valence-electron chi connectivity index (χ2n) is 8.36. The first-order chi connectivity index (χ1) is 14.9. The highest BCUT2D eigenvalue weighted by Crippen LogP contribution is 2.62. The molecule has 3 aliphatic heterocycles. The number of hydrogen-bond donors (Lipinski definition) is 0. The summed E-state index contributed by atoms with van der Waals surface area (Å²) >= 11 is 0. The summed E-state index contributed by atoms with van der Waals surface area (Å²) in [5.74, 6) is -0.629. The van der Waals surface area contributed by atoms with Crippen LogP contribution in [0.25, 0.3) is 5.69 Å². The first-order valence-electron chi connectivity index (χ1n) is 10.7. The van der Waals surface area contributed by atoms with Gasteiger partial charge in [0.05, 0.1) is 31.2 Å². The van der Waals surface area contributed by atoms with Gasteiger partial charge in [-0.3, -0.25) is 0 Å². The number of hydrogen-bond acceptors (Lipinski definition) is 5. The highest BCUT2D eigenvalue weighted by atomic mass is 19.1. The molecule has 2 unspecified atom stereocenters. The maximum absolute atomic E-state index is 14.9. The van der Waals surface area contributed by atoms with Gasteiger partial charge in [-0.25, -0.2) is 18.5 Å². The van der Waals surface area contributed by atoms with Crippen molar-refractivity contribution >= 4 is 17.8 Å². The third-order valence-corrected chi connectivity index (χ3v) is 6.85. The number of nitrogens with zero attached hydrogens (tertiary/aromatic N) is 3. The number of para-hydroxylation sites is 1. The van der Waals surface area contributed by atoms with Crippen molar-refractivity contribution in [2.45, 2.75) is 45.7 Å². The van der Waals surface area contributed by atoms with Crippen molar-refractivity contribution in [3.05, 3.63) is 53.1 Å². The van der Waals surface area contributed by atoms with Gasteiger partial charge in [-0.15, -0.1) is 0 Å². The van der Waals surface area contributed by atoms with Gasteiger partial charge in [0.1, 0.15) is 29.8 Å². The molecule has 0 amide bonds. The van der Waals surface area contributed by atoms with Crippen LogP contribution >= 0.6 is 0 Å². The predicted molar refractivity (Wildman–Crippen MR) is 111 cm³/mol. The number of fused-ring (bicyclic) bond motifs is 3. The normalized spacial score (nSPS) is 26.8. The van der Waals surface area contributed by atoms with Crippen molar-refractivity contribution in [2.75, 3.05) is 13.2 Å². The van der Waals surface area contributed by atoms with Crippen LogP contribution in [0.2, 0.25) is 0 Å². The summed E-state index contributed by atoms with van der Waals surface area (Å²) in [6.07, 6.45) is 3.39. The number of halogens is 1. The van der Waals surface area contributed by atoms with E-state index in [0.717, 1.165) is 29.9 Å². The molecule has 2 saturated heterocycles.